The summed E-state index contributed by atoms with van der Waals surface area (Å²) in [7, 11) is -1.81. The van der Waals surface area contributed by atoms with E-state index in [1.807, 2.05) is 32.9 Å². The van der Waals surface area contributed by atoms with Crippen molar-refractivity contribution in [1.82, 2.24) is 14.5 Å². The third-order valence-corrected chi connectivity index (χ3v) is 15.2. The first-order valence-corrected chi connectivity index (χ1v) is 27.9. The maximum absolute atomic E-state index is 8.79. The molecular formula is C65H63IrN3OSi-2. The molecule has 0 N–H and O–H groups in total. The van der Waals surface area contributed by atoms with E-state index >= 15 is 0 Å². The normalized spacial score (nSPS) is 13.5. The maximum atomic E-state index is 8.79. The molecule has 4 nitrogen and oxygen atoms in total. The van der Waals surface area contributed by atoms with Crippen LogP contribution in [0.2, 0.25) is 19.6 Å². The van der Waals surface area contributed by atoms with Crippen LogP contribution in [-0.4, -0.2) is 22.6 Å². The number of aryl methyl sites for hydroxylation is 1. The van der Waals surface area contributed by atoms with Crippen molar-refractivity contribution >= 4 is 67.8 Å². The average molecular weight is 1130 g/mol. The van der Waals surface area contributed by atoms with Gasteiger partial charge in [0.2, 0.25) is 0 Å². The summed E-state index contributed by atoms with van der Waals surface area (Å²) < 4.78 is 49.0. The summed E-state index contributed by atoms with van der Waals surface area (Å²) in [5.74, 6) is 1.48. The van der Waals surface area contributed by atoms with E-state index in [4.69, 9.17) is 16.3 Å². The zero-order valence-electron chi connectivity index (χ0n) is 47.2. The molecule has 3 aromatic heterocycles. The summed E-state index contributed by atoms with van der Waals surface area (Å²) in [6, 6.07) is 58.6. The third kappa shape index (κ3) is 9.83. The monoisotopic (exact) mass is 1130 g/mol. The second-order valence-corrected chi connectivity index (χ2v) is 26.3. The predicted octanol–water partition coefficient (Wildman–Crippen LogP) is 17.6. The zero-order chi connectivity index (χ0) is 53.4. The van der Waals surface area contributed by atoms with Gasteiger partial charge in [0.25, 0.3) is 0 Å². The summed E-state index contributed by atoms with van der Waals surface area (Å²) in [6.45, 7) is 19.3. The van der Waals surface area contributed by atoms with Gasteiger partial charge in [-0.25, -0.2) is 0 Å². The van der Waals surface area contributed by atoms with Gasteiger partial charge in [-0.05, 0) is 97.2 Å². The second kappa shape index (κ2) is 19.6. The number of furan rings is 1. The first kappa shape index (κ1) is 43.4. The molecule has 0 atom stereocenters. The molecule has 11 aromatic rings. The van der Waals surface area contributed by atoms with Crippen molar-refractivity contribution < 1.29 is 31.4 Å². The van der Waals surface area contributed by atoms with E-state index < -0.39 is 26.7 Å². The number of benzene rings is 8. The molecule has 6 heteroatoms. The molecule has 0 amide bonds. The van der Waals surface area contributed by atoms with Crippen molar-refractivity contribution in [3.8, 4) is 39.5 Å². The Bertz CT molecular complexity index is 3910. The number of fused-ring (bicyclic) bond motifs is 8. The fraction of sp³-hybridized carbons (Fsp3) is 0.231. The van der Waals surface area contributed by atoms with Crippen LogP contribution in [0.4, 0.5) is 0 Å². The van der Waals surface area contributed by atoms with Gasteiger partial charge in [-0.1, -0.05) is 183 Å². The van der Waals surface area contributed by atoms with Crippen molar-refractivity contribution in [2.24, 2.45) is 5.41 Å². The van der Waals surface area contributed by atoms with Crippen LogP contribution in [0.5, 0.6) is 0 Å². The number of rotatable bonds is 8. The molecule has 8 aromatic carbocycles. The van der Waals surface area contributed by atoms with Crippen LogP contribution in [0, 0.1) is 24.4 Å². The Morgan fingerprint density at radius 3 is 2.03 bits per heavy atom. The first-order chi connectivity index (χ1) is 35.5. The van der Waals surface area contributed by atoms with E-state index in [0.717, 1.165) is 54.9 Å². The molecule has 359 valence electrons. The SMILES string of the molecule is CC(C)c1cc(-c2ccccc2)cc(C(C)C)c1-n1c(-c2[c-]cc3oc4c(ccc5c6ccccc6ccc54)c3c2)nc2ccccc21.[2H]C([2H])([2H])c1c[c-]c(-c2cc(C([2H])([2H])C(C)(C)C)c([Si](C)(C)C)cn2)cc1.[Ir]. The topological polar surface area (TPSA) is 43.9 Å². The Balaban J connectivity index is 0.000000216. The summed E-state index contributed by atoms with van der Waals surface area (Å²) in [5.41, 5.74) is 12.6. The largest absolute Gasteiger partial charge is 0.500 e. The van der Waals surface area contributed by atoms with E-state index in [0.29, 0.717) is 28.7 Å². The van der Waals surface area contributed by atoms with Gasteiger partial charge < -0.3 is 14.0 Å². The fourth-order valence-electron chi connectivity index (χ4n) is 9.74. The number of aromatic nitrogens is 3. The summed E-state index contributed by atoms with van der Waals surface area (Å²) in [6.07, 6.45) is 0.269. The van der Waals surface area contributed by atoms with Crippen LogP contribution in [0.1, 0.15) is 89.4 Å². The van der Waals surface area contributed by atoms with E-state index in [9.17, 15) is 0 Å². The molecule has 3 heterocycles. The van der Waals surface area contributed by atoms with Gasteiger partial charge in [0.1, 0.15) is 5.58 Å². The first-order valence-electron chi connectivity index (χ1n) is 26.9. The number of imidazole rings is 1. The van der Waals surface area contributed by atoms with Crippen LogP contribution >= 0.6 is 0 Å². The predicted molar refractivity (Wildman–Crippen MR) is 301 cm³/mol. The van der Waals surface area contributed by atoms with Crippen molar-refractivity contribution in [2.75, 3.05) is 0 Å². The van der Waals surface area contributed by atoms with Crippen LogP contribution < -0.4 is 5.19 Å². The number of nitrogens with zero attached hydrogens (tertiary/aromatic N) is 3. The Morgan fingerprint density at radius 2 is 1.34 bits per heavy atom. The standard InChI is InChI=1S/C45H35N2O.C20H28NSi.Ir/c1-27(2)37-25-32(29-12-6-5-7-13-29)26-38(28(3)4)43(37)47-41-17-11-10-16-40(41)46-45(47)31-19-23-42-39(24-31)36-22-21-34-33-15-9-8-14-30(33)18-20-35(34)44(36)48-42;1-15-8-10-16(11-9-15)18-12-17(13-20(2,3)4)19(14-21-18)22(5,6)7;/h5-18,20-28H,1-4H3;8-10,12,14H,13H2,1-7H3;/q2*-1;/i;1D3,13D2;. The van der Waals surface area contributed by atoms with E-state index in [2.05, 4.69) is 190 Å². The molecular weight excluding hydrogens is 1060 g/mol. The molecule has 1 radical (unpaired) electrons. The zero-order valence-corrected chi connectivity index (χ0v) is 45.6. The van der Waals surface area contributed by atoms with Crippen LogP contribution in [0.25, 0.3) is 94.0 Å². The van der Waals surface area contributed by atoms with E-state index in [1.165, 1.54) is 50.2 Å². The van der Waals surface area contributed by atoms with Crippen molar-refractivity contribution in [1.29, 1.82) is 0 Å². The Kier molecular flexibility index (Phi) is 12.0. The van der Waals surface area contributed by atoms with Gasteiger partial charge in [0, 0.05) is 49.6 Å². The molecule has 0 aliphatic carbocycles. The molecule has 0 spiro atoms. The quantitative estimate of drug-likeness (QED) is 0.0865. The molecule has 0 bridgehead atoms. The Morgan fingerprint density at radius 1 is 0.676 bits per heavy atom. The fourth-order valence-corrected chi connectivity index (χ4v) is 11.1. The average Bonchev–Trinajstić information content (AvgIpc) is 4.00. The summed E-state index contributed by atoms with van der Waals surface area (Å²) >= 11 is 0. The number of hydrogen-bond acceptors (Lipinski definition) is 3. The Labute approximate surface area is 441 Å². The van der Waals surface area contributed by atoms with Gasteiger partial charge in [-0.15, -0.1) is 59.2 Å². The van der Waals surface area contributed by atoms with Crippen LogP contribution in [0.3, 0.4) is 0 Å². The van der Waals surface area contributed by atoms with Gasteiger partial charge >= 0.3 is 0 Å². The molecule has 0 aliphatic heterocycles. The van der Waals surface area contributed by atoms with Gasteiger partial charge in [0.05, 0.1) is 30.5 Å². The van der Waals surface area contributed by atoms with Crippen molar-refractivity contribution in [3.63, 3.8) is 0 Å². The molecule has 0 saturated carbocycles. The minimum Gasteiger partial charge on any atom is -0.500 e. The van der Waals surface area contributed by atoms with Gasteiger partial charge in [0.15, 0.2) is 0 Å². The smallest absolute Gasteiger partial charge is 0.128 e. The molecule has 0 aliphatic rings. The van der Waals surface area contributed by atoms with Gasteiger partial charge in [-0.2, -0.15) is 0 Å². The van der Waals surface area contributed by atoms with Crippen molar-refractivity contribution in [2.45, 2.75) is 93.2 Å². The Hall–Kier alpha value is -6.43. The molecule has 71 heavy (non-hydrogen) atoms. The van der Waals surface area contributed by atoms with Gasteiger partial charge in [-0.3, -0.25) is 4.98 Å². The number of para-hydroxylation sites is 2. The maximum Gasteiger partial charge on any atom is 0.128 e. The molecule has 0 fully saturated rings. The number of hydrogen-bond donors (Lipinski definition) is 0. The second-order valence-electron chi connectivity index (χ2n) is 21.2. The molecule has 0 unspecified atom stereocenters. The number of pyridine rings is 1. The third-order valence-electron chi connectivity index (χ3n) is 13.1. The summed E-state index contributed by atoms with van der Waals surface area (Å²) in [4.78, 5) is 9.86. The minimum atomic E-state index is -2.17. The van der Waals surface area contributed by atoms with Crippen molar-refractivity contribution in [3.05, 3.63) is 192 Å². The van der Waals surface area contributed by atoms with Crippen LogP contribution in [-0.2, 0) is 26.5 Å². The van der Waals surface area contributed by atoms with E-state index in [-0.39, 0.29) is 25.7 Å². The van der Waals surface area contributed by atoms with Crippen LogP contribution in [0.15, 0.2) is 162 Å². The molecule has 0 saturated heterocycles. The molecule has 11 rings (SSSR count). The summed E-state index contributed by atoms with van der Waals surface area (Å²) in [5, 5.41) is 7.96. The minimum absolute atomic E-state index is 0. The van der Waals surface area contributed by atoms with E-state index in [1.54, 1.807) is 18.3 Å².